The van der Waals surface area contributed by atoms with Crippen molar-refractivity contribution in [3.63, 3.8) is 0 Å². The molecule has 0 aromatic heterocycles. The van der Waals surface area contributed by atoms with E-state index in [9.17, 15) is 14.4 Å². The largest absolute Gasteiger partial charge is 0.480 e. The highest BCUT2D eigenvalue weighted by molar-refractivity contribution is 5.82. The molecule has 1 rings (SSSR count). The van der Waals surface area contributed by atoms with Crippen LogP contribution in [0.15, 0.2) is 24.3 Å². The number of terminal acetylenes is 1. The SMILES string of the molecule is C#CCNC(=O)CC(NC(=O)NCC(=O)O)c1ccc(N)cc1. The van der Waals surface area contributed by atoms with E-state index in [2.05, 4.69) is 21.9 Å². The maximum Gasteiger partial charge on any atom is 0.323 e. The number of hydrogen-bond donors (Lipinski definition) is 5. The molecule has 1 unspecified atom stereocenters. The van der Waals surface area contributed by atoms with Crippen LogP contribution in [0.4, 0.5) is 10.5 Å². The van der Waals surface area contributed by atoms with Gasteiger partial charge in [0, 0.05) is 5.69 Å². The molecule has 0 aliphatic rings. The van der Waals surface area contributed by atoms with Gasteiger partial charge in [-0.15, -0.1) is 6.42 Å². The summed E-state index contributed by atoms with van der Waals surface area (Å²) in [7, 11) is 0. The smallest absolute Gasteiger partial charge is 0.323 e. The van der Waals surface area contributed by atoms with E-state index in [4.69, 9.17) is 17.3 Å². The van der Waals surface area contributed by atoms with Crippen LogP contribution in [0.3, 0.4) is 0 Å². The average molecular weight is 318 g/mol. The Morgan fingerprint density at radius 3 is 2.43 bits per heavy atom. The number of carbonyl (C=O) groups is 3. The van der Waals surface area contributed by atoms with Crippen LogP contribution in [0.25, 0.3) is 0 Å². The lowest BCUT2D eigenvalue weighted by Gasteiger charge is -2.19. The van der Waals surface area contributed by atoms with Crippen LogP contribution < -0.4 is 21.7 Å². The van der Waals surface area contributed by atoms with E-state index >= 15 is 0 Å². The molecule has 0 spiro atoms. The van der Waals surface area contributed by atoms with E-state index in [1.807, 2.05) is 0 Å². The van der Waals surface area contributed by atoms with Crippen LogP contribution in [0, 0.1) is 12.3 Å². The fourth-order valence-electron chi connectivity index (χ4n) is 1.75. The molecule has 23 heavy (non-hydrogen) atoms. The molecule has 0 aliphatic heterocycles. The second-order valence-corrected chi connectivity index (χ2v) is 4.62. The fraction of sp³-hybridized carbons (Fsp3) is 0.267. The van der Waals surface area contributed by atoms with Gasteiger partial charge in [0.25, 0.3) is 0 Å². The van der Waals surface area contributed by atoms with Crippen molar-refractivity contribution in [1.82, 2.24) is 16.0 Å². The van der Waals surface area contributed by atoms with Crippen molar-refractivity contribution in [3.05, 3.63) is 29.8 Å². The fourth-order valence-corrected chi connectivity index (χ4v) is 1.75. The van der Waals surface area contributed by atoms with Gasteiger partial charge in [0.1, 0.15) is 6.54 Å². The molecule has 8 heteroatoms. The van der Waals surface area contributed by atoms with Crippen molar-refractivity contribution in [2.45, 2.75) is 12.5 Å². The number of rotatable bonds is 7. The quantitative estimate of drug-likeness (QED) is 0.352. The first-order valence-electron chi connectivity index (χ1n) is 6.74. The lowest BCUT2D eigenvalue weighted by molar-refractivity contribution is -0.135. The Bertz CT molecular complexity index is 607. The lowest BCUT2D eigenvalue weighted by Crippen LogP contribution is -2.41. The van der Waals surface area contributed by atoms with Gasteiger partial charge in [-0.1, -0.05) is 18.1 Å². The minimum absolute atomic E-state index is 0.0495. The summed E-state index contributed by atoms with van der Waals surface area (Å²) in [6.45, 7) is -0.442. The van der Waals surface area contributed by atoms with Gasteiger partial charge in [-0.05, 0) is 17.7 Å². The number of nitrogen functional groups attached to an aromatic ring is 1. The van der Waals surface area contributed by atoms with Gasteiger partial charge in [-0.2, -0.15) is 0 Å². The summed E-state index contributed by atoms with van der Waals surface area (Å²) < 4.78 is 0. The molecule has 0 bridgehead atoms. The number of hydrogen-bond acceptors (Lipinski definition) is 4. The third-order valence-electron chi connectivity index (χ3n) is 2.82. The first-order valence-corrected chi connectivity index (χ1v) is 6.74. The van der Waals surface area contributed by atoms with Crippen LogP contribution in [0.5, 0.6) is 0 Å². The number of carboxylic acids is 1. The standard InChI is InChI=1S/C15H18N4O4/c1-2-7-17-13(20)8-12(10-3-5-11(16)6-4-10)19-15(23)18-9-14(21)22/h1,3-6,12H,7-9,16H2,(H,17,20)(H,21,22)(H2,18,19,23). The van der Waals surface area contributed by atoms with Gasteiger partial charge in [0.05, 0.1) is 19.0 Å². The van der Waals surface area contributed by atoms with Crippen molar-refractivity contribution < 1.29 is 19.5 Å². The number of carbonyl (C=O) groups excluding carboxylic acids is 2. The first-order chi connectivity index (χ1) is 10.9. The number of anilines is 1. The minimum atomic E-state index is -1.17. The Labute approximate surface area is 133 Å². The number of carboxylic acid groups (broad SMARTS) is 1. The third kappa shape index (κ3) is 6.86. The van der Waals surface area contributed by atoms with E-state index in [0.717, 1.165) is 0 Å². The molecule has 8 nitrogen and oxygen atoms in total. The zero-order chi connectivity index (χ0) is 17.2. The molecule has 1 aromatic carbocycles. The van der Waals surface area contributed by atoms with Gasteiger partial charge in [-0.3, -0.25) is 9.59 Å². The molecule has 3 amide bonds. The number of amides is 3. The highest BCUT2D eigenvalue weighted by atomic mass is 16.4. The Balaban J connectivity index is 2.77. The van der Waals surface area contributed by atoms with E-state index in [1.54, 1.807) is 24.3 Å². The molecule has 0 heterocycles. The minimum Gasteiger partial charge on any atom is -0.480 e. The number of aliphatic carboxylic acids is 1. The zero-order valence-electron chi connectivity index (χ0n) is 12.3. The summed E-state index contributed by atoms with van der Waals surface area (Å²) in [4.78, 5) is 34.0. The second-order valence-electron chi connectivity index (χ2n) is 4.62. The summed E-state index contributed by atoms with van der Waals surface area (Å²) in [5.41, 5.74) is 6.80. The summed E-state index contributed by atoms with van der Waals surface area (Å²) in [6, 6.07) is 5.27. The van der Waals surface area contributed by atoms with Crippen molar-refractivity contribution in [2.24, 2.45) is 0 Å². The topological polar surface area (TPSA) is 134 Å². The van der Waals surface area contributed by atoms with Crippen LogP contribution >= 0.6 is 0 Å². The number of urea groups is 1. The summed E-state index contributed by atoms with van der Waals surface area (Å²) in [5, 5.41) is 15.8. The lowest BCUT2D eigenvalue weighted by atomic mass is 10.0. The summed E-state index contributed by atoms with van der Waals surface area (Å²) in [5.74, 6) is 0.765. The average Bonchev–Trinajstić information content (AvgIpc) is 2.51. The van der Waals surface area contributed by atoms with Gasteiger partial charge in [0.2, 0.25) is 5.91 Å². The monoisotopic (exact) mass is 318 g/mol. The van der Waals surface area contributed by atoms with E-state index < -0.39 is 24.6 Å². The number of nitrogens with one attached hydrogen (secondary N) is 3. The van der Waals surface area contributed by atoms with Crippen LogP contribution in [0.1, 0.15) is 18.0 Å². The molecule has 0 fully saturated rings. The molecule has 0 aliphatic carbocycles. The first kappa shape index (κ1) is 17.8. The maximum atomic E-state index is 11.8. The van der Waals surface area contributed by atoms with Crippen LogP contribution in [-0.2, 0) is 9.59 Å². The van der Waals surface area contributed by atoms with Crippen molar-refractivity contribution in [3.8, 4) is 12.3 Å². The highest BCUT2D eigenvalue weighted by Crippen LogP contribution is 2.18. The predicted molar refractivity (Wildman–Crippen MR) is 84.2 cm³/mol. The van der Waals surface area contributed by atoms with Gasteiger partial charge >= 0.3 is 12.0 Å². The zero-order valence-corrected chi connectivity index (χ0v) is 12.3. The van der Waals surface area contributed by atoms with Crippen molar-refractivity contribution in [1.29, 1.82) is 0 Å². The van der Waals surface area contributed by atoms with Crippen LogP contribution in [0.2, 0.25) is 0 Å². The predicted octanol–water partition coefficient (Wildman–Crippen LogP) is -0.167. The number of benzene rings is 1. The summed E-state index contributed by atoms with van der Waals surface area (Å²) >= 11 is 0. The molecular weight excluding hydrogens is 300 g/mol. The molecule has 0 saturated heterocycles. The molecular formula is C15H18N4O4. The Morgan fingerprint density at radius 1 is 1.22 bits per heavy atom. The second kappa shape index (κ2) is 8.94. The number of nitrogens with two attached hydrogens (primary N) is 1. The van der Waals surface area contributed by atoms with E-state index in [0.29, 0.717) is 11.3 Å². The molecule has 1 aromatic rings. The molecule has 0 radical (unpaired) electrons. The molecule has 0 saturated carbocycles. The normalized spacial score (nSPS) is 10.9. The molecule has 6 N–H and O–H groups in total. The molecule has 1 atom stereocenters. The maximum absolute atomic E-state index is 11.8. The van der Waals surface area contributed by atoms with Crippen LogP contribution in [-0.4, -0.2) is 36.1 Å². The van der Waals surface area contributed by atoms with Gasteiger partial charge in [-0.25, -0.2) is 4.79 Å². The Kier molecular flexibility index (Phi) is 6.94. The third-order valence-corrected chi connectivity index (χ3v) is 2.82. The summed E-state index contributed by atoms with van der Waals surface area (Å²) in [6.07, 6.45) is 5.02. The molecule has 122 valence electrons. The van der Waals surface area contributed by atoms with Gasteiger partial charge < -0.3 is 26.8 Å². The Hall–Kier alpha value is -3.21. The van der Waals surface area contributed by atoms with Crippen molar-refractivity contribution in [2.75, 3.05) is 18.8 Å². The van der Waals surface area contributed by atoms with Gasteiger partial charge in [0.15, 0.2) is 0 Å². The van der Waals surface area contributed by atoms with E-state index in [1.165, 1.54) is 0 Å². The van der Waals surface area contributed by atoms with E-state index in [-0.39, 0.29) is 18.9 Å². The Morgan fingerprint density at radius 2 is 1.87 bits per heavy atom. The van der Waals surface area contributed by atoms with Crippen molar-refractivity contribution >= 4 is 23.6 Å². The highest BCUT2D eigenvalue weighted by Gasteiger charge is 2.18.